The van der Waals surface area contributed by atoms with E-state index in [0.717, 1.165) is 16.7 Å². The lowest BCUT2D eigenvalue weighted by Gasteiger charge is -2.17. The van der Waals surface area contributed by atoms with Crippen molar-refractivity contribution in [1.82, 2.24) is 0 Å². The van der Waals surface area contributed by atoms with Crippen LogP contribution in [0.1, 0.15) is 27.0 Å². The van der Waals surface area contributed by atoms with Crippen LogP contribution < -0.4 is 4.72 Å². The van der Waals surface area contributed by atoms with Gasteiger partial charge in [0.25, 0.3) is 0 Å². The zero-order valence-electron chi connectivity index (χ0n) is 12.1. The molecule has 0 saturated carbocycles. The highest BCUT2D eigenvalue weighted by atomic mass is 32.2. The molecule has 0 aromatic heterocycles. The van der Waals surface area contributed by atoms with Crippen LogP contribution in [0.3, 0.4) is 0 Å². The predicted octanol–water partition coefficient (Wildman–Crippen LogP) is 3.44. The maximum absolute atomic E-state index is 12.5. The standard InChI is InChI=1S/C16H17NO3S/c1-10-8-11(2)15(12(3)9-10)21(20)17-14-7-5-4-6-13(14)16(18)19/h4-9,17H,1-3H3,(H,18,19). The van der Waals surface area contributed by atoms with E-state index in [1.54, 1.807) is 18.2 Å². The number of nitrogens with one attached hydrogen (secondary N) is 1. The number of carbonyl (C=O) groups is 1. The zero-order chi connectivity index (χ0) is 15.6. The molecule has 21 heavy (non-hydrogen) atoms. The molecular weight excluding hydrogens is 286 g/mol. The molecular formula is C16H17NO3S. The molecule has 0 saturated heterocycles. The second-order valence-electron chi connectivity index (χ2n) is 4.95. The van der Waals surface area contributed by atoms with Crippen molar-refractivity contribution < 1.29 is 14.5 Å². The van der Waals surface area contributed by atoms with Crippen molar-refractivity contribution in [1.29, 1.82) is 0 Å². The Kier molecular flexibility index (Phi) is 4.55. The smallest absolute Gasteiger partial charge is 0.337 e. The van der Waals surface area contributed by atoms with Gasteiger partial charge in [-0.25, -0.2) is 9.52 Å². The number of carboxylic acids is 1. The summed E-state index contributed by atoms with van der Waals surface area (Å²) in [5, 5.41) is 9.16. The molecule has 0 bridgehead atoms. The van der Waals surface area contributed by atoms with Crippen molar-refractivity contribution in [2.45, 2.75) is 25.7 Å². The van der Waals surface area contributed by atoms with Gasteiger partial charge in [0.2, 0.25) is 0 Å². The number of hydrogen-bond acceptors (Lipinski definition) is 3. The van der Waals surface area contributed by atoms with Gasteiger partial charge in [0.15, 0.2) is 4.90 Å². The summed E-state index contributed by atoms with van der Waals surface area (Å²) in [6.07, 6.45) is 0. The van der Waals surface area contributed by atoms with E-state index in [2.05, 4.69) is 4.72 Å². The lowest BCUT2D eigenvalue weighted by Crippen LogP contribution is -2.17. The second-order valence-corrected chi connectivity index (χ2v) is 6.10. The number of para-hydroxylation sites is 1. The van der Waals surface area contributed by atoms with Gasteiger partial charge >= 0.3 is 5.97 Å². The fourth-order valence-corrected chi connectivity index (χ4v) is 3.55. The summed E-state index contributed by atoms with van der Waals surface area (Å²) in [5.41, 5.74) is 3.41. The van der Waals surface area contributed by atoms with Gasteiger partial charge in [-0.05, 0) is 32.9 Å². The highest BCUT2D eigenvalue weighted by Gasteiger charge is 2.21. The van der Waals surface area contributed by atoms with E-state index in [1.165, 1.54) is 6.07 Å². The largest absolute Gasteiger partial charge is 0.588 e. The van der Waals surface area contributed by atoms with Crippen LogP contribution in [-0.2, 0) is 11.4 Å². The second kappa shape index (κ2) is 6.20. The monoisotopic (exact) mass is 303 g/mol. The zero-order valence-corrected chi connectivity index (χ0v) is 13.0. The molecule has 1 unspecified atom stereocenters. The molecule has 2 rings (SSSR count). The lowest BCUT2D eigenvalue weighted by molar-refractivity contribution is 0.0698. The molecule has 0 aliphatic carbocycles. The summed E-state index contributed by atoms with van der Waals surface area (Å²) >= 11 is -1.51. The number of carboxylic acid groups (broad SMARTS) is 1. The normalized spacial score (nSPS) is 12.0. The Morgan fingerprint density at radius 3 is 2.29 bits per heavy atom. The van der Waals surface area contributed by atoms with E-state index in [0.29, 0.717) is 10.6 Å². The van der Waals surface area contributed by atoms with E-state index < -0.39 is 17.3 Å². The van der Waals surface area contributed by atoms with Gasteiger partial charge in [0.1, 0.15) is 11.4 Å². The lowest BCUT2D eigenvalue weighted by atomic mass is 10.1. The third-order valence-corrected chi connectivity index (χ3v) is 4.57. The fraction of sp³-hybridized carbons (Fsp3) is 0.188. The molecule has 0 radical (unpaired) electrons. The number of hydrogen-bond donors (Lipinski definition) is 2. The minimum atomic E-state index is -1.51. The first-order chi connectivity index (χ1) is 9.90. The predicted molar refractivity (Wildman–Crippen MR) is 84.1 cm³/mol. The van der Waals surface area contributed by atoms with Crippen LogP contribution in [0.25, 0.3) is 0 Å². The van der Waals surface area contributed by atoms with Gasteiger partial charge < -0.3 is 9.66 Å². The Bertz CT molecular complexity index is 662. The molecule has 1 atom stereocenters. The van der Waals surface area contributed by atoms with Crippen molar-refractivity contribution >= 4 is 23.0 Å². The molecule has 5 heteroatoms. The molecule has 4 nitrogen and oxygen atoms in total. The first-order valence-electron chi connectivity index (χ1n) is 6.48. The molecule has 0 spiro atoms. The maximum atomic E-state index is 12.5. The van der Waals surface area contributed by atoms with Crippen LogP contribution in [0, 0.1) is 20.8 Å². The van der Waals surface area contributed by atoms with Gasteiger partial charge in [-0.1, -0.05) is 29.8 Å². The van der Waals surface area contributed by atoms with Crippen LogP contribution in [0.2, 0.25) is 0 Å². The Morgan fingerprint density at radius 2 is 1.71 bits per heavy atom. The summed E-state index contributed by atoms with van der Waals surface area (Å²) in [7, 11) is 0. The van der Waals surface area contributed by atoms with Crippen LogP contribution >= 0.6 is 0 Å². The first kappa shape index (κ1) is 15.4. The number of anilines is 1. The molecule has 0 heterocycles. The Hall–Kier alpha value is -1.98. The molecule has 2 aromatic rings. The summed E-state index contributed by atoms with van der Waals surface area (Å²) in [6, 6.07) is 10.4. The minimum Gasteiger partial charge on any atom is -0.588 e. The Balaban J connectivity index is 2.35. The molecule has 2 aromatic carbocycles. The molecule has 110 valence electrons. The Morgan fingerprint density at radius 1 is 1.14 bits per heavy atom. The first-order valence-corrected chi connectivity index (χ1v) is 7.63. The summed E-state index contributed by atoms with van der Waals surface area (Å²) < 4.78 is 15.3. The summed E-state index contributed by atoms with van der Waals surface area (Å²) in [4.78, 5) is 11.9. The highest BCUT2D eigenvalue weighted by Crippen LogP contribution is 2.25. The van der Waals surface area contributed by atoms with Gasteiger partial charge in [0, 0.05) is 11.1 Å². The molecule has 0 aliphatic heterocycles. The molecule has 0 aliphatic rings. The highest BCUT2D eigenvalue weighted by molar-refractivity contribution is 7.92. The van der Waals surface area contributed by atoms with Crippen LogP contribution in [0.15, 0.2) is 41.3 Å². The van der Waals surface area contributed by atoms with Crippen molar-refractivity contribution in [2.75, 3.05) is 4.72 Å². The van der Waals surface area contributed by atoms with Crippen molar-refractivity contribution in [3.8, 4) is 0 Å². The topological polar surface area (TPSA) is 72.4 Å². The average molecular weight is 303 g/mol. The quantitative estimate of drug-likeness (QED) is 0.849. The minimum absolute atomic E-state index is 0.105. The van der Waals surface area contributed by atoms with Crippen LogP contribution in [-0.4, -0.2) is 15.6 Å². The molecule has 0 fully saturated rings. The average Bonchev–Trinajstić information content (AvgIpc) is 2.37. The van der Waals surface area contributed by atoms with E-state index in [9.17, 15) is 9.35 Å². The van der Waals surface area contributed by atoms with E-state index >= 15 is 0 Å². The Labute approximate surface area is 127 Å². The molecule has 2 N–H and O–H groups in total. The van der Waals surface area contributed by atoms with Gasteiger partial charge in [-0.15, -0.1) is 0 Å². The maximum Gasteiger partial charge on any atom is 0.337 e. The van der Waals surface area contributed by atoms with Crippen molar-refractivity contribution in [3.63, 3.8) is 0 Å². The van der Waals surface area contributed by atoms with E-state index in [-0.39, 0.29) is 5.56 Å². The van der Waals surface area contributed by atoms with E-state index in [4.69, 9.17) is 5.11 Å². The van der Waals surface area contributed by atoms with E-state index in [1.807, 2.05) is 32.9 Å². The summed E-state index contributed by atoms with van der Waals surface area (Å²) in [6.45, 7) is 5.79. The van der Waals surface area contributed by atoms with Crippen LogP contribution in [0.4, 0.5) is 5.69 Å². The fourth-order valence-electron chi connectivity index (χ4n) is 2.37. The molecule has 0 amide bonds. The summed E-state index contributed by atoms with van der Waals surface area (Å²) in [5.74, 6) is -1.05. The van der Waals surface area contributed by atoms with Gasteiger partial charge in [-0.3, -0.25) is 0 Å². The SMILES string of the molecule is Cc1cc(C)c([S+]([O-])Nc2ccccc2C(=O)O)c(C)c1. The van der Waals surface area contributed by atoms with Crippen LogP contribution in [0.5, 0.6) is 0 Å². The van der Waals surface area contributed by atoms with Gasteiger partial charge in [0.05, 0.1) is 11.3 Å². The number of benzene rings is 2. The van der Waals surface area contributed by atoms with Crippen molar-refractivity contribution in [2.24, 2.45) is 0 Å². The number of rotatable bonds is 4. The third-order valence-electron chi connectivity index (χ3n) is 3.15. The number of aryl methyl sites for hydroxylation is 3. The van der Waals surface area contributed by atoms with Crippen molar-refractivity contribution in [3.05, 3.63) is 58.7 Å². The van der Waals surface area contributed by atoms with Gasteiger partial charge in [-0.2, -0.15) is 0 Å². The number of aromatic carboxylic acids is 1. The third kappa shape index (κ3) is 3.37.